The van der Waals surface area contributed by atoms with Crippen molar-refractivity contribution in [1.29, 1.82) is 0 Å². The smallest absolute Gasteiger partial charge is 0.137 e. The molecule has 0 radical (unpaired) electrons. The SMILES string of the molecule is NCc1ccc(-c2c(Cl)cc(Br)cc2Cl)o1. The molecule has 0 saturated carbocycles. The van der Waals surface area contributed by atoms with Crippen molar-refractivity contribution >= 4 is 39.1 Å². The second kappa shape index (κ2) is 4.80. The largest absolute Gasteiger partial charge is 0.460 e. The first-order valence-corrected chi connectivity index (χ1v) is 6.10. The number of halogens is 3. The van der Waals surface area contributed by atoms with Gasteiger partial charge in [-0.2, -0.15) is 0 Å². The van der Waals surface area contributed by atoms with Crippen LogP contribution in [0.4, 0.5) is 0 Å². The molecule has 16 heavy (non-hydrogen) atoms. The summed E-state index contributed by atoms with van der Waals surface area (Å²) in [5.41, 5.74) is 6.16. The quantitative estimate of drug-likeness (QED) is 0.886. The molecule has 5 heteroatoms. The second-order valence-electron chi connectivity index (χ2n) is 3.21. The summed E-state index contributed by atoms with van der Waals surface area (Å²) < 4.78 is 6.34. The van der Waals surface area contributed by atoms with E-state index in [1.807, 2.05) is 12.1 Å². The van der Waals surface area contributed by atoms with E-state index in [1.165, 1.54) is 0 Å². The molecule has 1 aromatic carbocycles. The van der Waals surface area contributed by atoms with Gasteiger partial charge in [0.25, 0.3) is 0 Å². The van der Waals surface area contributed by atoms with Gasteiger partial charge in [0.15, 0.2) is 0 Å². The summed E-state index contributed by atoms with van der Waals surface area (Å²) in [6.07, 6.45) is 0. The van der Waals surface area contributed by atoms with Gasteiger partial charge in [-0.15, -0.1) is 0 Å². The maximum Gasteiger partial charge on any atom is 0.137 e. The van der Waals surface area contributed by atoms with Gasteiger partial charge >= 0.3 is 0 Å². The molecule has 2 nitrogen and oxygen atoms in total. The molecule has 0 saturated heterocycles. The van der Waals surface area contributed by atoms with Crippen molar-refractivity contribution in [2.45, 2.75) is 6.54 Å². The molecule has 0 fully saturated rings. The van der Waals surface area contributed by atoms with E-state index in [2.05, 4.69) is 15.9 Å². The first-order chi connectivity index (χ1) is 7.61. The summed E-state index contributed by atoms with van der Waals surface area (Å²) in [4.78, 5) is 0. The van der Waals surface area contributed by atoms with Crippen LogP contribution in [0, 0.1) is 0 Å². The predicted octanol–water partition coefficient (Wildman–Crippen LogP) is 4.47. The van der Waals surface area contributed by atoms with E-state index in [0.29, 0.717) is 33.7 Å². The zero-order valence-corrected chi connectivity index (χ0v) is 11.2. The molecule has 0 spiro atoms. The Balaban J connectivity index is 2.55. The molecular formula is C11H8BrCl2NO. The maximum atomic E-state index is 6.12. The summed E-state index contributed by atoms with van der Waals surface area (Å²) in [6.45, 7) is 0.353. The van der Waals surface area contributed by atoms with Gasteiger partial charge in [0.1, 0.15) is 11.5 Å². The van der Waals surface area contributed by atoms with Crippen LogP contribution in [0.2, 0.25) is 10.0 Å². The Bertz CT molecular complexity index is 501. The van der Waals surface area contributed by atoms with Crippen molar-refractivity contribution in [2.75, 3.05) is 0 Å². The number of rotatable bonds is 2. The Hall–Kier alpha value is -0.480. The molecule has 2 rings (SSSR count). The first-order valence-electron chi connectivity index (χ1n) is 4.55. The van der Waals surface area contributed by atoms with Gasteiger partial charge < -0.3 is 10.2 Å². The zero-order chi connectivity index (χ0) is 11.7. The van der Waals surface area contributed by atoms with Gasteiger partial charge in [-0.3, -0.25) is 0 Å². The highest BCUT2D eigenvalue weighted by Gasteiger charge is 2.13. The summed E-state index contributed by atoms with van der Waals surface area (Å²) in [6, 6.07) is 7.16. The third kappa shape index (κ3) is 2.28. The molecule has 2 N–H and O–H groups in total. The van der Waals surface area contributed by atoms with Gasteiger partial charge in [-0.05, 0) is 24.3 Å². The second-order valence-corrected chi connectivity index (χ2v) is 4.94. The lowest BCUT2D eigenvalue weighted by Crippen LogP contribution is -1.92. The van der Waals surface area contributed by atoms with Gasteiger partial charge in [-0.25, -0.2) is 0 Å². The van der Waals surface area contributed by atoms with Crippen molar-refractivity contribution < 1.29 is 4.42 Å². The molecule has 0 aliphatic carbocycles. The zero-order valence-electron chi connectivity index (χ0n) is 8.14. The fraction of sp³-hybridized carbons (Fsp3) is 0.0909. The molecular weight excluding hydrogens is 313 g/mol. The molecule has 1 heterocycles. The van der Waals surface area contributed by atoms with Crippen LogP contribution >= 0.6 is 39.1 Å². The van der Waals surface area contributed by atoms with Crippen LogP contribution in [0.3, 0.4) is 0 Å². The van der Waals surface area contributed by atoms with Crippen LogP contribution in [-0.2, 0) is 6.54 Å². The fourth-order valence-electron chi connectivity index (χ4n) is 1.40. The van der Waals surface area contributed by atoms with Crippen LogP contribution < -0.4 is 5.73 Å². The number of furan rings is 1. The molecule has 2 aromatic rings. The normalized spacial score (nSPS) is 10.8. The minimum atomic E-state index is 0.353. The molecule has 0 aliphatic rings. The monoisotopic (exact) mass is 319 g/mol. The molecule has 0 aliphatic heterocycles. The van der Waals surface area contributed by atoms with E-state index in [0.717, 1.165) is 4.47 Å². The Morgan fingerprint density at radius 2 is 1.81 bits per heavy atom. The number of hydrogen-bond acceptors (Lipinski definition) is 2. The molecule has 1 aromatic heterocycles. The predicted molar refractivity (Wildman–Crippen MR) is 69.8 cm³/mol. The Kier molecular flexibility index (Phi) is 3.60. The topological polar surface area (TPSA) is 39.2 Å². The molecule has 0 bridgehead atoms. The summed E-state index contributed by atoms with van der Waals surface area (Å²) >= 11 is 15.6. The van der Waals surface area contributed by atoms with Gasteiger partial charge in [0.2, 0.25) is 0 Å². The summed E-state index contributed by atoms with van der Waals surface area (Å²) in [7, 11) is 0. The van der Waals surface area contributed by atoms with E-state index in [9.17, 15) is 0 Å². The highest BCUT2D eigenvalue weighted by atomic mass is 79.9. The lowest BCUT2D eigenvalue weighted by molar-refractivity contribution is 0.525. The number of nitrogens with two attached hydrogens (primary N) is 1. The number of benzene rings is 1. The van der Waals surface area contributed by atoms with Crippen LogP contribution in [0.25, 0.3) is 11.3 Å². The van der Waals surface area contributed by atoms with Crippen LogP contribution in [0.1, 0.15) is 5.76 Å². The van der Waals surface area contributed by atoms with E-state index >= 15 is 0 Å². The van der Waals surface area contributed by atoms with Gasteiger partial charge in [0.05, 0.1) is 22.2 Å². The van der Waals surface area contributed by atoms with Gasteiger partial charge in [-0.1, -0.05) is 39.1 Å². The van der Waals surface area contributed by atoms with Crippen molar-refractivity contribution in [3.05, 3.63) is 44.5 Å². The van der Waals surface area contributed by atoms with Gasteiger partial charge in [0, 0.05) is 4.47 Å². The minimum Gasteiger partial charge on any atom is -0.460 e. The summed E-state index contributed by atoms with van der Waals surface area (Å²) in [5, 5.41) is 1.08. The molecule has 84 valence electrons. The minimum absolute atomic E-state index is 0.353. The van der Waals surface area contributed by atoms with E-state index in [-0.39, 0.29) is 0 Å². The first kappa shape index (κ1) is 12.0. The van der Waals surface area contributed by atoms with Crippen LogP contribution in [-0.4, -0.2) is 0 Å². The Labute approximate surface area is 111 Å². The Morgan fingerprint density at radius 1 is 1.19 bits per heavy atom. The maximum absolute atomic E-state index is 6.12. The van der Waals surface area contributed by atoms with Crippen LogP contribution in [0.15, 0.2) is 33.2 Å². The average molecular weight is 321 g/mol. The third-order valence-corrected chi connectivity index (χ3v) is 3.17. The van der Waals surface area contributed by atoms with Crippen molar-refractivity contribution in [3.63, 3.8) is 0 Å². The van der Waals surface area contributed by atoms with Crippen molar-refractivity contribution in [3.8, 4) is 11.3 Å². The van der Waals surface area contributed by atoms with Crippen molar-refractivity contribution in [2.24, 2.45) is 5.73 Å². The van der Waals surface area contributed by atoms with E-state index < -0.39 is 0 Å². The highest BCUT2D eigenvalue weighted by molar-refractivity contribution is 9.10. The van der Waals surface area contributed by atoms with Crippen LogP contribution in [0.5, 0.6) is 0 Å². The summed E-state index contributed by atoms with van der Waals surface area (Å²) in [5.74, 6) is 1.33. The lowest BCUT2D eigenvalue weighted by Gasteiger charge is -2.04. The molecule has 0 unspecified atom stereocenters. The Morgan fingerprint density at radius 3 is 2.31 bits per heavy atom. The van der Waals surface area contributed by atoms with E-state index in [1.54, 1.807) is 12.1 Å². The standard InChI is InChI=1S/C11H8BrCl2NO/c12-6-3-8(13)11(9(14)4-6)10-2-1-7(5-15)16-10/h1-4H,5,15H2. The number of hydrogen-bond donors (Lipinski definition) is 1. The highest BCUT2D eigenvalue weighted by Crippen LogP contribution is 2.37. The van der Waals surface area contributed by atoms with E-state index in [4.69, 9.17) is 33.4 Å². The third-order valence-electron chi connectivity index (χ3n) is 2.12. The fourth-order valence-corrected chi connectivity index (χ4v) is 2.79. The average Bonchev–Trinajstić information content (AvgIpc) is 2.64. The van der Waals surface area contributed by atoms with Crippen molar-refractivity contribution in [1.82, 2.24) is 0 Å². The lowest BCUT2D eigenvalue weighted by atomic mass is 10.2. The molecule has 0 amide bonds. The molecule has 0 atom stereocenters.